The van der Waals surface area contributed by atoms with Gasteiger partial charge in [0.15, 0.2) is 0 Å². The summed E-state index contributed by atoms with van der Waals surface area (Å²) in [6, 6.07) is 0.126. The molecule has 1 saturated carbocycles. The van der Waals surface area contributed by atoms with Crippen LogP contribution in [-0.4, -0.2) is 47.7 Å². The van der Waals surface area contributed by atoms with Gasteiger partial charge in [0.1, 0.15) is 6.04 Å². The SMILES string of the molecule is O=C(O)C(CCN1CCCCCCC1)NC1CC1. The summed E-state index contributed by atoms with van der Waals surface area (Å²) in [7, 11) is 0. The number of nitrogens with zero attached hydrogens (tertiary/aromatic N) is 1. The molecule has 0 aromatic carbocycles. The molecule has 1 heterocycles. The van der Waals surface area contributed by atoms with Crippen LogP contribution >= 0.6 is 0 Å². The van der Waals surface area contributed by atoms with E-state index in [-0.39, 0.29) is 6.04 Å². The summed E-state index contributed by atoms with van der Waals surface area (Å²) >= 11 is 0. The maximum atomic E-state index is 11.2. The first-order valence-corrected chi connectivity index (χ1v) is 7.47. The van der Waals surface area contributed by atoms with Gasteiger partial charge in [-0.3, -0.25) is 4.79 Å². The highest BCUT2D eigenvalue weighted by molar-refractivity contribution is 5.73. The van der Waals surface area contributed by atoms with Crippen LogP contribution in [0, 0.1) is 0 Å². The lowest BCUT2D eigenvalue weighted by atomic mass is 10.1. The van der Waals surface area contributed by atoms with Gasteiger partial charge in [0.05, 0.1) is 0 Å². The van der Waals surface area contributed by atoms with Crippen molar-refractivity contribution in [1.82, 2.24) is 10.2 Å². The molecule has 18 heavy (non-hydrogen) atoms. The van der Waals surface area contributed by atoms with Crippen LogP contribution in [0.15, 0.2) is 0 Å². The molecule has 0 aromatic heterocycles. The van der Waals surface area contributed by atoms with E-state index in [1.165, 1.54) is 32.1 Å². The molecule has 0 spiro atoms. The van der Waals surface area contributed by atoms with Crippen molar-refractivity contribution in [2.45, 2.75) is 63.5 Å². The summed E-state index contributed by atoms with van der Waals surface area (Å²) in [5, 5.41) is 12.4. The van der Waals surface area contributed by atoms with E-state index >= 15 is 0 Å². The van der Waals surface area contributed by atoms with E-state index in [1.807, 2.05) is 0 Å². The standard InChI is InChI=1S/C14H26N2O2/c17-14(18)13(15-12-6-7-12)8-11-16-9-4-2-1-3-5-10-16/h12-13,15H,1-11H2,(H,17,18). The van der Waals surface area contributed by atoms with Crippen LogP contribution in [0.5, 0.6) is 0 Å². The average Bonchev–Trinajstić information content (AvgIpc) is 3.09. The zero-order chi connectivity index (χ0) is 12.8. The number of carbonyl (C=O) groups is 1. The van der Waals surface area contributed by atoms with E-state index in [4.69, 9.17) is 0 Å². The monoisotopic (exact) mass is 254 g/mol. The van der Waals surface area contributed by atoms with Crippen molar-refractivity contribution in [2.75, 3.05) is 19.6 Å². The van der Waals surface area contributed by atoms with E-state index in [1.54, 1.807) is 0 Å². The highest BCUT2D eigenvalue weighted by Crippen LogP contribution is 2.20. The molecular weight excluding hydrogens is 228 g/mol. The maximum absolute atomic E-state index is 11.2. The first kappa shape index (κ1) is 13.8. The van der Waals surface area contributed by atoms with Crippen LogP contribution in [-0.2, 0) is 4.79 Å². The third-order valence-corrected chi connectivity index (χ3v) is 4.00. The first-order chi connectivity index (χ1) is 8.75. The summed E-state index contributed by atoms with van der Waals surface area (Å²) < 4.78 is 0. The van der Waals surface area contributed by atoms with Crippen LogP contribution in [0.25, 0.3) is 0 Å². The highest BCUT2D eigenvalue weighted by Gasteiger charge is 2.28. The van der Waals surface area contributed by atoms with E-state index < -0.39 is 5.97 Å². The number of carboxylic acid groups (broad SMARTS) is 1. The summed E-state index contributed by atoms with van der Waals surface area (Å²) in [4.78, 5) is 13.6. The summed E-state index contributed by atoms with van der Waals surface area (Å²) in [5.74, 6) is -0.686. The second kappa shape index (κ2) is 7.10. The number of aliphatic carboxylic acids is 1. The second-order valence-electron chi connectivity index (χ2n) is 5.73. The predicted molar refractivity (Wildman–Crippen MR) is 71.7 cm³/mol. The molecule has 2 rings (SSSR count). The fraction of sp³-hybridized carbons (Fsp3) is 0.929. The lowest BCUT2D eigenvalue weighted by Gasteiger charge is -2.26. The van der Waals surface area contributed by atoms with E-state index in [0.29, 0.717) is 6.04 Å². The Morgan fingerprint density at radius 1 is 1.17 bits per heavy atom. The number of likely N-dealkylation sites (tertiary alicyclic amines) is 1. The van der Waals surface area contributed by atoms with Crippen LogP contribution < -0.4 is 5.32 Å². The summed E-state index contributed by atoms with van der Waals surface area (Å²) in [6.45, 7) is 3.22. The Kier molecular flexibility index (Phi) is 5.45. The number of hydrogen-bond donors (Lipinski definition) is 2. The molecule has 0 bridgehead atoms. The van der Waals surface area contributed by atoms with E-state index in [0.717, 1.165) is 38.9 Å². The van der Waals surface area contributed by atoms with Crippen molar-refractivity contribution in [1.29, 1.82) is 0 Å². The van der Waals surface area contributed by atoms with Gasteiger partial charge in [-0.1, -0.05) is 19.3 Å². The molecule has 2 N–H and O–H groups in total. The molecule has 1 unspecified atom stereocenters. The Balaban J connectivity index is 1.70. The average molecular weight is 254 g/mol. The molecule has 1 atom stereocenters. The lowest BCUT2D eigenvalue weighted by molar-refractivity contribution is -0.139. The number of rotatable bonds is 6. The molecule has 1 aliphatic carbocycles. The van der Waals surface area contributed by atoms with E-state index in [2.05, 4.69) is 10.2 Å². The normalized spacial score (nSPS) is 24.2. The predicted octanol–water partition coefficient (Wildman–Crippen LogP) is 1.85. The summed E-state index contributed by atoms with van der Waals surface area (Å²) in [5.41, 5.74) is 0. The van der Waals surface area contributed by atoms with Crippen molar-refractivity contribution >= 4 is 5.97 Å². The highest BCUT2D eigenvalue weighted by atomic mass is 16.4. The quantitative estimate of drug-likeness (QED) is 0.759. The van der Waals surface area contributed by atoms with Crippen molar-refractivity contribution in [3.05, 3.63) is 0 Å². The van der Waals surface area contributed by atoms with E-state index in [9.17, 15) is 9.90 Å². The molecule has 4 heteroatoms. The van der Waals surface area contributed by atoms with Crippen LogP contribution in [0.4, 0.5) is 0 Å². The maximum Gasteiger partial charge on any atom is 0.320 e. The van der Waals surface area contributed by atoms with Crippen molar-refractivity contribution < 1.29 is 9.90 Å². The minimum atomic E-state index is -0.686. The Morgan fingerprint density at radius 2 is 1.78 bits per heavy atom. The number of carboxylic acids is 1. The molecule has 0 aromatic rings. The minimum absolute atomic E-state index is 0.344. The van der Waals surface area contributed by atoms with Crippen LogP contribution in [0.1, 0.15) is 51.4 Å². The molecule has 2 fully saturated rings. The molecule has 4 nitrogen and oxygen atoms in total. The van der Waals surface area contributed by atoms with Crippen molar-refractivity contribution in [3.63, 3.8) is 0 Å². The van der Waals surface area contributed by atoms with Crippen LogP contribution in [0.3, 0.4) is 0 Å². The zero-order valence-electron chi connectivity index (χ0n) is 11.2. The smallest absolute Gasteiger partial charge is 0.320 e. The number of hydrogen-bond acceptors (Lipinski definition) is 3. The molecular formula is C14H26N2O2. The number of nitrogens with one attached hydrogen (secondary N) is 1. The molecule has 1 aliphatic heterocycles. The second-order valence-corrected chi connectivity index (χ2v) is 5.73. The third kappa shape index (κ3) is 4.94. The largest absolute Gasteiger partial charge is 0.480 e. The fourth-order valence-corrected chi connectivity index (χ4v) is 2.66. The first-order valence-electron chi connectivity index (χ1n) is 7.47. The van der Waals surface area contributed by atoms with Crippen molar-refractivity contribution in [2.24, 2.45) is 0 Å². The van der Waals surface area contributed by atoms with Gasteiger partial charge in [0.25, 0.3) is 0 Å². The van der Waals surface area contributed by atoms with Gasteiger partial charge >= 0.3 is 5.97 Å². The van der Waals surface area contributed by atoms with Gasteiger partial charge in [-0.25, -0.2) is 0 Å². The molecule has 1 saturated heterocycles. The van der Waals surface area contributed by atoms with Gasteiger partial charge in [0, 0.05) is 12.6 Å². The van der Waals surface area contributed by atoms with Gasteiger partial charge in [-0.15, -0.1) is 0 Å². The Morgan fingerprint density at radius 3 is 2.33 bits per heavy atom. The summed E-state index contributed by atoms with van der Waals surface area (Å²) in [6.07, 6.45) is 9.61. The zero-order valence-corrected chi connectivity index (χ0v) is 11.2. The molecule has 0 radical (unpaired) electrons. The van der Waals surface area contributed by atoms with Crippen LogP contribution in [0.2, 0.25) is 0 Å². The molecule has 104 valence electrons. The van der Waals surface area contributed by atoms with Gasteiger partial charge in [-0.2, -0.15) is 0 Å². The van der Waals surface area contributed by atoms with Crippen molar-refractivity contribution in [3.8, 4) is 0 Å². The Labute approximate surface area is 110 Å². The topological polar surface area (TPSA) is 52.6 Å². The molecule has 2 aliphatic rings. The Bertz CT molecular complexity index is 259. The van der Waals surface area contributed by atoms with Gasteiger partial charge < -0.3 is 15.3 Å². The molecule has 0 amide bonds. The third-order valence-electron chi connectivity index (χ3n) is 4.00. The van der Waals surface area contributed by atoms with Gasteiger partial charge in [0.2, 0.25) is 0 Å². The van der Waals surface area contributed by atoms with Gasteiger partial charge in [-0.05, 0) is 45.2 Å². The fourth-order valence-electron chi connectivity index (χ4n) is 2.66. The Hall–Kier alpha value is -0.610. The minimum Gasteiger partial charge on any atom is -0.480 e. The lowest BCUT2D eigenvalue weighted by Crippen LogP contribution is -2.41.